The number of fused-ring (bicyclic) bond motifs is 2. The maximum Gasteiger partial charge on any atom is 0.412 e. The molecule has 10 heteroatoms. The van der Waals surface area contributed by atoms with Crippen LogP contribution in [0.3, 0.4) is 0 Å². The number of anilines is 2. The van der Waals surface area contributed by atoms with Gasteiger partial charge < -0.3 is 28.4 Å². The molecule has 5 aromatic carbocycles. The highest BCUT2D eigenvalue weighted by molar-refractivity contribution is 6.11. The van der Waals surface area contributed by atoms with Gasteiger partial charge in [-0.25, -0.2) is 9.59 Å². The summed E-state index contributed by atoms with van der Waals surface area (Å²) in [6, 6.07) is 29.0. The van der Waals surface area contributed by atoms with Gasteiger partial charge in [-0.2, -0.15) is 0 Å². The fourth-order valence-corrected chi connectivity index (χ4v) is 6.04. The molecule has 0 aromatic heterocycles. The molecular formula is C45H54N2O8. The maximum atomic E-state index is 13.1. The van der Waals surface area contributed by atoms with Gasteiger partial charge in [0, 0.05) is 46.1 Å². The number of hydrogen-bond donors (Lipinski definition) is 2. The monoisotopic (exact) mass is 750 g/mol. The van der Waals surface area contributed by atoms with Crippen molar-refractivity contribution in [2.45, 2.75) is 72.5 Å². The average molecular weight is 751 g/mol. The predicted octanol–water partition coefficient (Wildman–Crippen LogP) is 10.5. The summed E-state index contributed by atoms with van der Waals surface area (Å²) >= 11 is 0. The zero-order valence-corrected chi connectivity index (χ0v) is 32.7. The van der Waals surface area contributed by atoms with Gasteiger partial charge >= 0.3 is 12.2 Å². The summed E-state index contributed by atoms with van der Waals surface area (Å²) in [5, 5.41) is 8.99. The number of ether oxygens (including phenoxy) is 6. The summed E-state index contributed by atoms with van der Waals surface area (Å²) in [6.07, 6.45) is 1.22. The number of aryl methyl sites for hydroxylation is 3. The minimum atomic E-state index is -0.688. The first-order valence-electron chi connectivity index (χ1n) is 19.2. The van der Waals surface area contributed by atoms with Crippen LogP contribution in [0.1, 0.15) is 56.2 Å². The van der Waals surface area contributed by atoms with E-state index in [-0.39, 0.29) is 26.4 Å². The smallest absolute Gasteiger partial charge is 0.412 e. The molecule has 55 heavy (non-hydrogen) atoms. The van der Waals surface area contributed by atoms with Crippen molar-refractivity contribution >= 4 is 45.1 Å². The summed E-state index contributed by atoms with van der Waals surface area (Å²) < 4.78 is 36.8. The summed E-state index contributed by atoms with van der Waals surface area (Å²) in [5.41, 5.74) is 4.23. The number of benzene rings is 5. The topological polar surface area (TPSA) is 114 Å². The third-order valence-electron chi connectivity index (χ3n) is 9.11. The molecular weight excluding hydrogens is 697 g/mol. The summed E-state index contributed by atoms with van der Waals surface area (Å²) in [6.45, 7) is 11.6. The molecule has 0 fully saturated rings. The summed E-state index contributed by atoms with van der Waals surface area (Å²) in [4.78, 5) is 26.2. The van der Waals surface area contributed by atoms with E-state index in [1.54, 1.807) is 0 Å². The first-order chi connectivity index (χ1) is 26.8. The van der Waals surface area contributed by atoms with Crippen molar-refractivity contribution in [3.63, 3.8) is 0 Å². The fourth-order valence-electron chi connectivity index (χ4n) is 6.04. The number of hydrogen-bond acceptors (Lipinski definition) is 8. The second-order valence-electron chi connectivity index (χ2n) is 13.7. The van der Waals surface area contributed by atoms with Crippen molar-refractivity contribution in [1.29, 1.82) is 0 Å². The minimum Gasteiger partial charge on any atom is -0.488 e. The quantitative estimate of drug-likeness (QED) is 0.0597. The Hall–Kier alpha value is -5.32. The first-order valence-corrected chi connectivity index (χ1v) is 19.2. The highest BCUT2D eigenvalue weighted by Gasteiger charge is 2.23. The molecule has 0 heterocycles. The Morgan fingerprint density at radius 1 is 0.545 bits per heavy atom. The Bertz CT molecular complexity index is 2010. The van der Waals surface area contributed by atoms with Gasteiger partial charge in [0.15, 0.2) is 12.2 Å². The molecule has 0 saturated carbocycles. The Kier molecular flexibility index (Phi) is 15.6. The Labute approximate surface area is 324 Å². The number of nitrogens with one attached hydrogen (secondary N) is 2. The van der Waals surface area contributed by atoms with Gasteiger partial charge in [0.25, 0.3) is 0 Å². The van der Waals surface area contributed by atoms with Gasteiger partial charge in [-0.3, -0.25) is 10.6 Å². The fraction of sp³-hybridized carbons (Fsp3) is 0.378. The van der Waals surface area contributed by atoms with Crippen LogP contribution in [0.4, 0.5) is 21.0 Å². The van der Waals surface area contributed by atoms with Gasteiger partial charge in [0.1, 0.15) is 24.7 Å². The minimum absolute atomic E-state index is 0.0570. The van der Waals surface area contributed by atoms with Crippen molar-refractivity contribution < 1.29 is 38.0 Å². The largest absolute Gasteiger partial charge is 0.488 e. The van der Waals surface area contributed by atoms with E-state index in [2.05, 4.69) is 30.5 Å². The molecule has 0 aliphatic carbocycles. The normalized spacial score (nSPS) is 12.2. The van der Waals surface area contributed by atoms with E-state index in [0.717, 1.165) is 63.9 Å². The number of unbranched alkanes of at least 4 members (excludes halogenated alkanes) is 2. The van der Waals surface area contributed by atoms with Gasteiger partial charge in [-0.1, -0.05) is 105 Å². The van der Waals surface area contributed by atoms with Crippen LogP contribution in [0, 0.1) is 20.8 Å². The first kappa shape index (κ1) is 40.9. The van der Waals surface area contributed by atoms with Gasteiger partial charge in [0.05, 0.1) is 13.2 Å². The number of carbonyl (C=O) groups excluding carboxylic acids is 2. The summed E-state index contributed by atoms with van der Waals surface area (Å²) in [7, 11) is 0. The number of carbonyl (C=O) groups is 2. The molecule has 2 unspecified atom stereocenters. The highest BCUT2D eigenvalue weighted by Crippen LogP contribution is 2.43. The van der Waals surface area contributed by atoms with E-state index in [4.69, 9.17) is 28.4 Å². The van der Waals surface area contributed by atoms with Crippen molar-refractivity contribution in [2.24, 2.45) is 0 Å². The summed E-state index contributed by atoms with van der Waals surface area (Å²) in [5.74, 6) is 1.27. The molecule has 2 N–H and O–H groups in total. The molecule has 0 spiro atoms. The van der Waals surface area contributed by atoms with Crippen LogP contribution < -0.4 is 20.1 Å². The Balaban J connectivity index is 1.40. The van der Waals surface area contributed by atoms with Crippen LogP contribution in [-0.2, 0) is 18.9 Å². The van der Waals surface area contributed by atoms with E-state index in [1.807, 2.05) is 106 Å². The van der Waals surface area contributed by atoms with E-state index < -0.39 is 24.4 Å². The van der Waals surface area contributed by atoms with Crippen LogP contribution in [-0.4, -0.2) is 64.0 Å². The third-order valence-corrected chi connectivity index (χ3v) is 9.11. The SMILES string of the molecule is CCCCOCC(COc1c2ccccc2c(OCC(COCCCC)OC(=O)Nc2ccccc2C)c2cc(C)ccc12)OC(=O)Nc1ccccc1C. The molecule has 0 radical (unpaired) electrons. The second kappa shape index (κ2) is 21.0. The molecule has 5 aromatic rings. The van der Waals surface area contributed by atoms with Gasteiger partial charge in [-0.15, -0.1) is 0 Å². The van der Waals surface area contributed by atoms with Crippen LogP contribution >= 0.6 is 0 Å². The van der Waals surface area contributed by atoms with Crippen LogP contribution in [0.5, 0.6) is 11.5 Å². The predicted molar refractivity (Wildman–Crippen MR) is 219 cm³/mol. The Morgan fingerprint density at radius 3 is 1.45 bits per heavy atom. The van der Waals surface area contributed by atoms with Crippen molar-refractivity contribution in [3.05, 3.63) is 108 Å². The van der Waals surface area contributed by atoms with Crippen molar-refractivity contribution in [2.75, 3.05) is 50.3 Å². The van der Waals surface area contributed by atoms with E-state index >= 15 is 0 Å². The van der Waals surface area contributed by atoms with Crippen LogP contribution in [0.25, 0.3) is 21.5 Å². The molecule has 0 bridgehead atoms. The average Bonchev–Trinajstić information content (AvgIpc) is 3.17. The standard InChI is InChI=1S/C45H54N2O8/c1-6-8-24-50-27-34(54-44(48)46-40-20-14-10-16-32(40)4)29-52-42-36-18-12-13-19-37(36)43(39-26-31(3)22-23-38(39)42)53-30-35(28-51-25-9-7-2)55-45(49)47-41-21-15-11-17-33(41)5/h10-23,26,34-35H,6-9,24-25,27-30H2,1-5H3,(H,46,48)(H,47,49). The van der Waals surface area contributed by atoms with Gasteiger partial charge in [-0.05, 0) is 62.9 Å². The zero-order chi connectivity index (χ0) is 39.0. The van der Waals surface area contributed by atoms with E-state index in [0.29, 0.717) is 36.1 Å². The Morgan fingerprint density at radius 2 is 0.982 bits per heavy atom. The lowest BCUT2D eigenvalue weighted by atomic mass is 9.99. The van der Waals surface area contributed by atoms with E-state index in [9.17, 15) is 9.59 Å². The molecule has 0 aliphatic heterocycles. The van der Waals surface area contributed by atoms with Crippen LogP contribution in [0.15, 0.2) is 91.0 Å². The zero-order valence-electron chi connectivity index (χ0n) is 32.7. The van der Waals surface area contributed by atoms with E-state index in [1.165, 1.54) is 0 Å². The van der Waals surface area contributed by atoms with Crippen molar-refractivity contribution in [3.8, 4) is 11.5 Å². The molecule has 0 aliphatic rings. The maximum absolute atomic E-state index is 13.1. The molecule has 10 nitrogen and oxygen atoms in total. The molecule has 5 rings (SSSR count). The number of rotatable bonds is 20. The lowest BCUT2D eigenvalue weighted by Gasteiger charge is -2.23. The lowest BCUT2D eigenvalue weighted by Crippen LogP contribution is -2.32. The molecule has 2 amide bonds. The molecule has 0 saturated heterocycles. The van der Waals surface area contributed by atoms with Gasteiger partial charge in [0.2, 0.25) is 0 Å². The molecule has 2 atom stereocenters. The third kappa shape index (κ3) is 11.8. The number of para-hydroxylation sites is 2. The second-order valence-corrected chi connectivity index (χ2v) is 13.7. The lowest BCUT2D eigenvalue weighted by molar-refractivity contribution is 0.00244. The molecule has 292 valence electrons. The number of amides is 2. The van der Waals surface area contributed by atoms with Crippen LogP contribution in [0.2, 0.25) is 0 Å². The highest BCUT2D eigenvalue weighted by atomic mass is 16.6. The van der Waals surface area contributed by atoms with Crippen molar-refractivity contribution in [1.82, 2.24) is 0 Å².